The SMILES string of the molecule is CC(C)(C)c1ccccc1.[C]. The molecule has 0 nitrogen and oxygen atoms in total. The third-order valence-corrected chi connectivity index (χ3v) is 1.64. The summed E-state index contributed by atoms with van der Waals surface area (Å²) >= 11 is 0. The fourth-order valence-corrected chi connectivity index (χ4v) is 0.938. The van der Waals surface area contributed by atoms with Crippen molar-refractivity contribution >= 4 is 0 Å². The highest BCUT2D eigenvalue weighted by molar-refractivity contribution is 5.21. The Morgan fingerprint density at radius 1 is 0.909 bits per heavy atom. The van der Waals surface area contributed by atoms with Crippen molar-refractivity contribution in [2.75, 3.05) is 0 Å². The molecule has 1 rings (SSSR count). The molecule has 0 saturated heterocycles. The maximum atomic E-state index is 2.22. The van der Waals surface area contributed by atoms with Crippen LogP contribution in [0.15, 0.2) is 30.3 Å². The first-order valence-corrected chi connectivity index (χ1v) is 3.66. The van der Waals surface area contributed by atoms with Gasteiger partial charge >= 0.3 is 0 Å². The Labute approximate surface area is 70.3 Å². The van der Waals surface area contributed by atoms with Gasteiger partial charge in [-0.3, -0.25) is 0 Å². The zero-order chi connectivity index (χ0) is 7.61. The molecular formula is C11H14. The van der Waals surface area contributed by atoms with Gasteiger partial charge in [-0.1, -0.05) is 51.1 Å². The van der Waals surface area contributed by atoms with E-state index in [2.05, 4.69) is 51.1 Å². The van der Waals surface area contributed by atoms with Crippen LogP contribution >= 0.6 is 0 Å². The van der Waals surface area contributed by atoms with Crippen molar-refractivity contribution in [3.63, 3.8) is 0 Å². The van der Waals surface area contributed by atoms with Gasteiger partial charge in [0.15, 0.2) is 0 Å². The van der Waals surface area contributed by atoms with Crippen molar-refractivity contribution in [1.82, 2.24) is 0 Å². The van der Waals surface area contributed by atoms with Crippen LogP contribution < -0.4 is 0 Å². The number of rotatable bonds is 0. The number of hydrogen-bond donors (Lipinski definition) is 0. The van der Waals surface area contributed by atoms with E-state index in [1.54, 1.807) is 0 Å². The second kappa shape index (κ2) is 3.56. The second-order valence-corrected chi connectivity index (χ2v) is 3.62. The number of hydrogen-bond acceptors (Lipinski definition) is 0. The largest absolute Gasteiger partial charge is 0.0622 e. The Morgan fingerprint density at radius 2 is 1.36 bits per heavy atom. The third-order valence-electron chi connectivity index (χ3n) is 1.64. The van der Waals surface area contributed by atoms with E-state index in [0.29, 0.717) is 5.41 Å². The summed E-state index contributed by atoms with van der Waals surface area (Å²) in [5, 5.41) is 0. The smallest absolute Gasteiger partial charge is 0 e. The topological polar surface area (TPSA) is 0 Å². The molecule has 4 radical (unpaired) electrons. The summed E-state index contributed by atoms with van der Waals surface area (Å²) < 4.78 is 0. The van der Waals surface area contributed by atoms with Gasteiger partial charge in [0, 0.05) is 7.43 Å². The van der Waals surface area contributed by atoms with Gasteiger partial charge in [-0.15, -0.1) is 0 Å². The van der Waals surface area contributed by atoms with Crippen LogP contribution in [0, 0.1) is 7.43 Å². The van der Waals surface area contributed by atoms with Crippen LogP contribution in [-0.2, 0) is 5.41 Å². The van der Waals surface area contributed by atoms with E-state index in [9.17, 15) is 0 Å². The predicted molar refractivity (Wildman–Crippen MR) is 48.4 cm³/mol. The summed E-state index contributed by atoms with van der Waals surface area (Å²) in [4.78, 5) is 0. The summed E-state index contributed by atoms with van der Waals surface area (Å²) in [7, 11) is 0. The lowest BCUT2D eigenvalue weighted by molar-refractivity contribution is 0.590. The van der Waals surface area contributed by atoms with Gasteiger partial charge in [0.05, 0.1) is 0 Å². The normalized spacial score (nSPS) is 10.5. The molecule has 0 amide bonds. The Balaban J connectivity index is 0.000001000. The van der Waals surface area contributed by atoms with Gasteiger partial charge < -0.3 is 0 Å². The Bertz CT molecular complexity index is 191. The molecule has 58 valence electrons. The van der Waals surface area contributed by atoms with Crippen molar-refractivity contribution in [2.24, 2.45) is 0 Å². The average molecular weight is 146 g/mol. The molecule has 0 unspecified atom stereocenters. The Kier molecular flexibility index (Phi) is 3.31. The minimum absolute atomic E-state index is 0. The Morgan fingerprint density at radius 3 is 1.64 bits per heavy atom. The summed E-state index contributed by atoms with van der Waals surface area (Å²) in [6, 6.07) is 10.6. The first-order valence-electron chi connectivity index (χ1n) is 3.66. The van der Waals surface area contributed by atoms with Crippen LogP contribution in [0.2, 0.25) is 0 Å². The van der Waals surface area contributed by atoms with E-state index in [4.69, 9.17) is 0 Å². The van der Waals surface area contributed by atoms with Gasteiger partial charge in [-0.25, -0.2) is 0 Å². The monoisotopic (exact) mass is 146 g/mol. The van der Waals surface area contributed by atoms with Gasteiger partial charge in [0.2, 0.25) is 0 Å². The molecule has 1 aromatic rings. The standard InChI is InChI=1S/C10H14.C/c1-10(2,3)9-7-5-4-6-8-9;/h4-8H,1-3H3;. The van der Waals surface area contributed by atoms with Crippen LogP contribution in [0.25, 0.3) is 0 Å². The molecule has 0 aliphatic rings. The molecule has 0 saturated carbocycles. The first-order chi connectivity index (χ1) is 4.61. The molecule has 0 aromatic heterocycles. The summed E-state index contributed by atoms with van der Waals surface area (Å²) in [6.45, 7) is 6.67. The number of benzene rings is 1. The molecule has 0 spiro atoms. The Hall–Kier alpha value is -0.780. The van der Waals surface area contributed by atoms with Crippen LogP contribution in [0.5, 0.6) is 0 Å². The minimum Gasteiger partial charge on any atom is -0.0622 e. The average Bonchev–Trinajstić information content (AvgIpc) is 1.88. The lowest BCUT2D eigenvalue weighted by atomic mass is 9.87. The van der Waals surface area contributed by atoms with E-state index in [0.717, 1.165) is 0 Å². The maximum Gasteiger partial charge on any atom is 0 e. The molecule has 0 heteroatoms. The van der Waals surface area contributed by atoms with Gasteiger partial charge in [0.25, 0.3) is 0 Å². The van der Waals surface area contributed by atoms with Gasteiger partial charge in [-0.2, -0.15) is 0 Å². The fourth-order valence-electron chi connectivity index (χ4n) is 0.938. The molecular weight excluding hydrogens is 132 g/mol. The lowest BCUT2D eigenvalue weighted by Crippen LogP contribution is -2.10. The van der Waals surface area contributed by atoms with E-state index < -0.39 is 0 Å². The maximum absolute atomic E-state index is 2.22. The third kappa shape index (κ3) is 2.75. The highest BCUT2D eigenvalue weighted by Gasteiger charge is 2.11. The molecule has 0 aliphatic carbocycles. The van der Waals surface area contributed by atoms with E-state index >= 15 is 0 Å². The van der Waals surface area contributed by atoms with Crippen LogP contribution in [0.3, 0.4) is 0 Å². The van der Waals surface area contributed by atoms with Gasteiger partial charge in [-0.05, 0) is 11.0 Å². The summed E-state index contributed by atoms with van der Waals surface area (Å²) in [5.74, 6) is 0. The van der Waals surface area contributed by atoms with E-state index in [1.165, 1.54) is 5.56 Å². The van der Waals surface area contributed by atoms with E-state index in [-0.39, 0.29) is 7.43 Å². The molecule has 0 aliphatic heterocycles. The fraction of sp³-hybridized carbons (Fsp3) is 0.364. The molecule has 0 heterocycles. The van der Waals surface area contributed by atoms with Crippen molar-refractivity contribution < 1.29 is 0 Å². The zero-order valence-corrected chi connectivity index (χ0v) is 7.39. The predicted octanol–water partition coefficient (Wildman–Crippen LogP) is 3.07. The zero-order valence-electron chi connectivity index (χ0n) is 7.39. The summed E-state index contributed by atoms with van der Waals surface area (Å²) in [6.07, 6.45) is 0. The van der Waals surface area contributed by atoms with Crippen LogP contribution in [0.4, 0.5) is 0 Å². The van der Waals surface area contributed by atoms with Gasteiger partial charge in [0.1, 0.15) is 0 Å². The second-order valence-electron chi connectivity index (χ2n) is 3.62. The molecule has 0 bridgehead atoms. The summed E-state index contributed by atoms with van der Waals surface area (Å²) in [5.41, 5.74) is 1.69. The van der Waals surface area contributed by atoms with Crippen molar-refractivity contribution in [2.45, 2.75) is 26.2 Å². The molecule has 0 atom stereocenters. The molecule has 11 heavy (non-hydrogen) atoms. The van der Waals surface area contributed by atoms with E-state index in [1.807, 2.05) is 0 Å². The highest BCUT2D eigenvalue weighted by Crippen LogP contribution is 2.20. The lowest BCUT2D eigenvalue weighted by Gasteiger charge is -2.18. The van der Waals surface area contributed by atoms with Crippen LogP contribution in [-0.4, -0.2) is 0 Å². The van der Waals surface area contributed by atoms with Crippen molar-refractivity contribution in [3.8, 4) is 0 Å². The van der Waals surface area contributed by atoms with Crippen molar-refractivity contribution in [1.29, 1.82) is 0 Å². The molecule has 0 N–H and O–H groups in total. The minimum atomic E-state index is 0. The van der Waals surface area contributed by atoms with Crippen LogP contribution in [0.1, 0.15) is 26.3 Å². The highest BCUT2D eigenvalue weighted by atomic mass is 14.2. The molecule has 1 aromatic carbocycles. The molecule has 0 fully saturated rings. The first kappa shape index (κ1) is 10.2. The quantitative estimate of drug-likeness (QED) is 0.527. The van der Waals surface area contributed by atoms with Crippen molar-refractivity contribution in [3.05, 3.63) is 43.3 Å².